The van der Waals surface area contributed by atoms with Gasteiger partial charge in [-0.05, 0) is 55.0 Å². The van der Waals surface area contributed by atoms with Gasteiger partial charge in [0.2, 0.25) is 5.91 Å². The monoisotopic (exact) mass is 462 g/mol. The van der Waals surface area contributed by atoms with Crippen LogP contribution in [0.1, 0.15) is 34.3 Å². The number of benzene rings is 2. The number of hydrogen-bond acceptors (Lipinski definition) is 5. The minimum Gasteiger partial charge on any atom is -0.325 e. The summed E-state index contributed by atoms with van der Waals surface area (Å²) in [7, 11) is 0. The second kappa shape index (κ2) is 10.1. The van der Waals surface area contributed by atoms with Crippen molar-refractivity contribution in [2.75, 3.05) is 11.1 Å². The second-order valence-corrected chi connectivity index (χ2v) is 9.60. The Morgan fingerprint density at radius 1 is 1.06 bits per heavy atom. The van der Waals surface area contributed by atoms with Crippen LogP contribution in [0.3, 0.4) is 0 Å². The van der Waals surface area contributed by atoms with Crippen molar-refractivity contribution >= 4 is 34.7 Å². The molecule has 164 valence electrons. The molecule has 0 fully saturated rings. The van der Waals surface area contributed by atoms with Gasteiger partial charge in [0.1, 0.15) is 5.82 Å². The van der Waals surface area contributed by atoms with Crippen LogP contribution in [0.15, 0.2) is 65.1 Å². The summed E-state index contributed by atoms with van der Waals surface area (Å²) < 4.78 is 2.06. The fraction of sp³-hybridized carbons (Fsp3) is 0.240. The molecule has 5 nitrogen and oxygen atoms in total. The third kappa shape index (κ3) is 5.11. The van der Waals surface area contributed by atoms with E-state index in [0.717, 1.165) is 39.9 Å². The van der Waals surface area contributed by atoms with E-state index in [1.165, 1.54) is 22.2 Å². The molecule has 0 radical (unpaired) electrons. The molecule has 4 rings (SSSR count). The molecular formula is C25H26N4OS2. The average Bonchev–Trinajstić information content (AvgIpc) is 3.45. The minimum atomic E-state index is -0.0442. The number of rotatable bonds is 8. The summed E-state index contributed by atoms with van der Waals surface area (Å²) in [6.45, 7) is 6.18. The van der Waals surface area contributed by atoms with E-state index in [1.807, 2.05) is 25.1 Å². The van der Waals surface area contributed by atoms with Gasteiger partial charge >= 0.3 is 0 Å². The molecule has 2 aromatic heterocycles. The van der Waals surface area contributed by atoms with Gasteiger partial charge in [-0.3, -0.25) is 9.36 Å². The van der Waals surface area contributed by atoms with E-state index < -0.39 is 0 Å². The van der Waals surface area contributed by atoms with E-state index in [1.54, 1.807) is 11.3 Å². The number of thiophene rings is 1. The van der Waals surface area contributed by atoms with Gasteiger partial charge in [-0.1, -0.05) is 60.6 Å². The van der Waals surface area contributed by atoms with Crippen molar-refractivity contribution in [2.45, 2.75) is 38.8 Å². The van der Waals surface area contributed by atoms with E-state index >= 15 is 0 Å². The molecule has 0 saturated heterocycles. The van der Waals surface area contributed by atoms with Crippen molar-refractivity contribution in [1.82, 2.24) is 14.8 Å². The molecule has 2 heterocycles. The third-order valence-electron chi connectivity index (χ3n) is 5.24. The Balaban J connectivity index is 1.55. The summed E-state index contributed by atoms with van der Waals surface area (Å²) in [6.07, 6.45) is 1.58. The van der Waals surface area contributed by atoms with Gasteiger partial charge in [-0.15, -0.1) is 21.5 Å². The summed E-state index contributed by atoms with van der Waals surface area (Å²) >= 11 is 3.11. The van der Waals surface area contributed by atoms with Crippen molar-refractivity contribution in [3.8, 4) is 5.69 Å². The van der Waals surface area contributed by atoms with Crippen molar-refractivity contribution in [3.63, 3.8) is 0 Å². The first kappa shape index (κ1) is 22.3. The molecule has 0 atom stereocenters. The molecule has 1 amide bonds. The van der Waals surface area contributed by atoms with Gasteiger partial charge in [0, 0.05) is 22.7 Å². The van der Waals surface area contributed by atoms with Crippen LogP contribution in [0, 0.1) is 13.8 Å². The number of aryl methyl sites for hydroxylation is 3. The number of para-hydroxylation sites is 1. The van der Waals surface area contributed by atoms with E-state index in [0.29, 0.717) is 6.42 Å². The molecule has 2 aromatic carbocycles. The highest BCUT2D eigenvalue weighted by Gasteiger charge is 2.17. The number of hydrogen-bond donors (Lipinski definition) is 1. The van der Waals surface area contributed by atoms with Crippen LogP contribution in [0.4, 0.5) is 5.69 Å². The molecule has 0 aliphatic rings. The standard InChI is InChI=1S/C25H26N4OS2/c1-4-19-8-5-7-18(3)24(19)26-23(30)16-32-25-28-27-22(15-21-9-6-14-31-21)29(25)20-12-10-17(2)11-13-20/h5-14H,4,15-16H2,1-3H3,(H,26,30). The number of nitrogens with one attached hydrogen (secondary N) is 1. The third-order valence-corrected chi connectivity index (χ3v) is 7.05. The van der Waals surface area contributed by atoms with Gasteiger partial charge in [-0.2, -0.15) is 0 Å². The highest BCUT2D eigenvalue weighted by atomic mass is 32.2. The van der Waals surface area contributed by atoms with Gasteiger partial charge in [0.25, 0.3) is 0 Å². The lowest BCUT2D eigenvalue weighted by Gasteiger charge is -2.13. The molecule has 4 aromatic rings. The van der Waals surface area contributed by atoms with Gasteiger partial charge in [0.15, 0.2) is 5.16 Å². The van der Waals surface area contributed by atoms with Crippen LogP contribution < -0.4 is 5.32 Å². The smallest absolute Gasteiger partial charge is 0.234 e. The van der Waals surface area contributed by atoms with E-state index in [-0.39, 0.29) is 11.7 Å². The zero-order chi connectivity index (χ0) is 22.5. The molecule has 0 unspecified atom stereocenters. The number of anilines is 1. The number of nitrogens with zero attached hydrogens (tertiary/aromatic N) is 3. The number of thioether (sulfide) groups is 1. The number of carbonyl (C=O) groups is 1. The predicted octanol–water partition coefficient (Wildman–Crippen LogP) is 5.83. The molecule has 1 N–H and O–H groups in total. The van der Waals surface area contributed by atoms with Crippen molar-refractivity contribution in [3.05, 3.63) is 87.4 Å². The highest BCUT2D eigenvalue weighted by Crippen LogP contribution is 2.26. The van der Waals surface area contributed by atoms with Gasteiger partial charge < -0.3 is 5.32 Å². The van der Waals surface area contributed by atoms with E-state index in [4.69, 9.17) is 0 Å². The maximum absolute atomic E-state index is 12.8. The largest absolute Gasteiger partial charge is 0.325 e. The summed E-state index contributed by atoms with van der Waals surface area (Å²) in [5.74, 6) is 1.09. The molecule has 32 heavy (non-hydrogen) atoms. The van der Waals surface area contributed by atoms with Crippen LogP contribution in [-0.4, -0.2) is 26.4 Å². The van der Waals surface area contributed by atoms with Crippen LogP contribution in [0.2, 0.25) is 0 Å². The Bertz CT molecular complexity index is 1200. The Kier molecular flexibility index (Phi) is 7.07. The van der Waals surface area contributed by atoms with Gasteiger partial charge in [0.05, 0.1) is 5.75 Å². The fourth-order valence-electron chi connectivity index (χ4n) is 3.54. The van der Waals surface area contributed by atoms with Crippen LogP contribution in [0.25, 0.3) is 5.69 Å². The molecule has 0 aliphatic heterocycles. The zero-order valence-corrected chi connectivity index (χ0v) is 20.1. The Morgan fingerprint density at radius 2 is 1.88 bits per heavy atom. The fourth-order valence-corrected chi connectivity index (χ4v) is 5.01. The van der Waals surface area contributed by atoms with Crippen LogP contribution in [0.5, 0.6) is 0 Å². The zero-order valence-electron chi connectivity index (χ0n) is 18.5. The highest BCUT2D eigenvalue weighted by molar-refractivity contribution is 7.99. The summed E-state index contributed by atoms with van der Waals surface area (Å²) in [5.41, 5.74) is 5.33. The molecule has 7 heteroatoms. The lowest BCUT2D eigenvalue weighted by Crippen LogP contribution is -2.16. The lowest BCUT2D eigenvalue weighted by atomic mass is 10.1. The predicted molar refractivity (Wildman–Crippen MR) is 133 cm³/mol. The minimum absolute atomic E-state index is 0.0442. The second-order valence-electron chi connectivity index (χ2n) is 7.63. The first-order valence-corrected chi connectivity index (χ1v) is 12.5. The summed E-state index contributed by atoms with van der Waals surface area (Å²) in [5, 5.41) is 14.8. The molecule has 0 saturated carbocycles. The Hall–Kier alpha value is -2.90. The van der Waals surface area contributed by atoms with E-state index in [2.05, 4.69) is 75.7 Å². The number of aromatic nitrogens is 3. The molecule has 0 spiro atoms. The number of carbonyl (C=O) groups excluding carboxylic acids is 1. The number of amides is 1. The van der Waals surface area contributed by atoms with Crippen molar-refractivity contribution in [2.24, 2.45) is 0 Å². The van der Waals surface area contributed by atoms with Crippen molar-refractivity contribution in [1.29, 1.82) is 0 Å². The molecule has 0 bridgehead atoms. The summed E-state index contributed by atoms with van der Waals surface area (Å²) in [6, 6.07) is 18.6. The first-order chi connectivity index (χ1) is 15.5. The van der Waals surface area contributed by atoms with Crippen LogP contribution >= 0.6 is 23.1 Å². The Morgan fingerprint density at radius 3 is 2.59 bits per heavy atom. The van der Waals surface area contributed by atoms with Crippen molar-refractivity contribution < 1.29 is 4.79 Å². The maximum Gasteiger partial charge on any atom is 0.234 e. The van der Waals surface area contributed by atoms with Crippen LogP contribution in [-0.2, 0) is 17.6 Å². The maximum atomic E-state index is 12.8. The lowest BCUT2D eigenvalue weighted by molar-refractivity contribution is -0.113. The normalized spacial score (nSPS) is 11.0. The molecular weight excluding hydrogens is 436 g/mol. The summed E-state index contributed by atoms with van der Waals surface area (Å²) in [4.78, 5) is 14.0. The topological polar surface area (TPSA) is 59.8 Å². The first-order valence-electron chi connectivity index (χ1n) is 10.6. The SMILES string of the molecule is CCc1cccc(C)c1NC(=O)CSc1nnc(Cc2cccs2)n1-c1ccc(C)cc1. The van der Waals surface area contributed by atoms with E-state index in [9.17, 15) is 4.79 Å². The Labute approximate surface area is 196 Å². The van der Waals surface area contributed by atoms with Gasteiger partial charge in [-0.25, -0.2) is 0 Å². The molecule has 0 aliphatic carbocycles. The quantitative estimate of drug-likeness (QED) is 0.335. The average molecular weight is 463 g/mol.